The van der Waals surface area contributed by atoms with Crippen molar-refractivity contribution >= 4 is 12.2 Å². The first-order valence-electron chi connectivity index (χ1n) is 7.32. The van der Waals surface area contributed by atoms with Gasteiger partial charge in [0, 0.05) is 12.5 Å². The number of rotatable bonds is 3. The van der Waals surface area contributed by atoms with Gasteiger partial charge in [-0.25, -0.2) is 0 Å². The van der Waals surface area contributed by atoms with Gasteiger partial charge in [0.1, 0.15) is 5.60 Å². The van der Waals surface area contributed by atoms with E-state index in [0.29, 0.717) is 19.3 Å². The van der Waals surface area contributed by atoms with Crippen LogP contribution in [0.4, 0.5) is 0 Å². The minimum atomic E-state index is -1.34. The summed E-state index contributed by atoms with van der Waals surface area (Å²) in [6.45, 7) is 2.23. The van der Waals surface area contributed by atoms with Crippen LogP contribution in [0.1, 0.15) is 32.6 Å². The molecule has 5 heteroatoms. The van der Waals surface area contributed by atoms with Crippen molar-refractivity contribution in [3.8, 4) is 0 Å². The molecule has 1 amide bonds. The van der Waals surface area contributed by atoms with Crippen molar-refractivity contribution in [2.24, 2.45) is 11.8 Å². The largest absolute Gasteiger partial charge is 0.389 e. The Bertz CT molecular complexity index is 463. The van der Waals surface area contributed by atoms with E-state index in [1.54, 1.807) is 6.92 Å². The van der Waals surface area contributed by atoms with E-state index < -0.39 is 17.2 Å². The molecule has 3 unspecified atom stereocenters. The Kier molecular flexibility index (Phi) is 3.21. The standard InChI is InChI=1S/C15H21NO4/c1-14-11(7-8-20-14)13(19)16-15(14,9-17)12(18)10-5-3-2-4-6-10/h3,5,9-12,18H,2,4,6-8H2,1H3,(H,16,19)/t10-,11?,12+,14?,15?/m1/s1. The van der Waals surface area contributed by atoms with E-state index in [4.69, 9.17) is 4.74 Å². The molecule has 0 spiro atoms. The maximum atomic E-state index is 12.1. The summed E-state index contributed by atoms with van der Waals surface area (Å²) in [5.41, 5.74) is -2.28. The van der Waals surface area contributed by atoms with Gasteiger partial charge in [0.2, 0.25) is 5.91 Å². The number of aldehydes is 1. The molecular formula is C15H21NO4. The van der Waals surface area contributed by atoms with Crippen LogP contribution in [0.5, 0.6) is 0 Å². The number of allylic oxidation sites excluding steroid dienone is 1. The highest BCUT2D eigenvalue weighted by atomic mass is 16.5. The molecule has 2 fully saturated rings. The lowest BCUT2D eigenvalue weighted by atomic mass is 9.70. The highest BCUT2D eigenvalue weighted by Gasteiger charge is 2.68. The molecule has 0 bridgehead atoms. The maximum Gasteiger partial charge on any atom is 0.227 e. The van der Waals surface area contributed by atoms with Crippen LogP contribution in [0.25, 0.3) is 0 Å². The van der Waals surface area contributed by atoms with E-state index in [0.717, 1.165) is 19.3 Å². The van der Waals surface area contributed by atoms with Crippen molar-refractivity contribution in [1.29, 1.82) is 0 Å². The van der Waals surface area contributed by atoms with Crippen molar-refractivity contribution in [2.45, 2.75) is 49.9 Å². The molecule has 0 aromatic rings. The number of carbonyl (C=O) groups excluding carboxylic acids is 2. The Balaban J connectivity index is 1.98. The molecule has 3 aliphatic rings. The normalized spacial score (nSPS) is 45.0. The van der Waals surface area contributed by atoms with E-state index in [9.17, 15) is 14.7 Å². The number of fused-ring (bicyclic) bond motifs is 1. The lowest BCUT2D eigenvalue weighted by Gasteiger charge is -2.43. The van der Waals surface area contributed by atoms with Crippen molar-refractivity contribution < 1.29 is 19.4 Å². The number of ether oxygens (including phenoxy) is 1. The number of hydrogen-bond donors (Lipinski definition) is 2. The fourth-order valence-electron chi connectivity index (χ4n) is 3.99. The molecule has 5 atom stereocenters. The number of amides is 1. The summed E-state index contributed by atoms with van der Waals surface area (Å²) in [6, 6.07) is 0. The molecule has 1 aliphatic carbocycles. The average molecular weight is 279 g/mol. The quantitative estimate of drug-likeness (QED) is 0.585. The van der Waals surface area contributed by atoms with Crippen molar-refractivity contribution in [1.82, 2.24) is 5.32 Å². The zero-order chi connectivity index (χ0) is 14.4. The molecule has 3 rings (SSSR count). The van der Waals surface area contributed by atoms with E-state index in [2.05, 4.69) is 5.32 Å². The lowest BCUT2D eigenvalue weighted by Crippen LogP contribution is -2.66. The SMILES string of the molecule is CC12OCCC1C(=O)NC2(C=O)[C@@H](O)[C@@H]1C=CCCC1. The molecule has 5 nitrogen and oxygen atoms in total. The second-order valence-electron chi connectivity index (χ2n) is 6.24. The van der Waals surface area contributed by atoms with Crippen molar-refractivity contribution in [2.75, 3.05) is 6.61 Å². The van der Waals surface area contributed by atoms with E-state index in [-0.39, 0.29) is 17.7 Å². The summed E-state index contributed by atoms with van der Waals surface area (Å²) in [5.74, 6) is -0.653. The second kappa shape index (κ2) is 4.67. The Morgan fingerprint density at radius 1 is 1.55 bits per heavy atom. The average Bonchev–Trinajstić information content (AvgIpc) is 2.96. The monoisotopic (exact) mass is 279 g/mol. The molecule has 0 radical (unpaired) electrons. The van der Waals surface area contributed by atoms with Gasteiger partial charge in [-0.15, -0.1) is 0 Å². The number of hydrogen-bond acceptors (Lipinski definition) is 4. The molecule has 2 heterocycles. The predicted octanol–water partition coefficient (Wildman–Crippen LogP) is 0.566. The maximum absolute atomic E-state index is 12.1. The van der Waals surface area contributed by atoms with Gasteiger partial charge in [-0.05, 0) is 32.6 Å². The van der Waals surface area contributed by atoms with Gasteiger partial charge in [-0.2, -0.15) is 0 Å². The van der Waals surface area contributed by atoms with E-state index >= 15 is 0 Å². The fourth-order valence-corrected chi connectivity index (χ4v) is 3.99. The molecule has 20 heavy (non-hydrogen) atoms. The van der Waals surface area contributed by atoms with E-state index in [1.165, 1.54) is 0 Å². The molecule has 2 saturated heterocycles. The summed E-state index contributed by atoms with van der Waals surface area (Å²) in [5, 5.41) is 13.5. The van der Waals surface area contributed by atoms with Crippen LogP contribution in [0.15, 0.2) is 12.2 Å². The topological polar surface area (TPSA) is 75.6 Å². The first kappa shape index (κ1) is 13.8. The smallest absolute Gasteiger partial charge is 0.227 e. The zero-order valence-electron chi connectivity index (χ0n) is 11.7. The molecule has 0 aromatic heterocycles. The lowest BCUT2D eigenvalue weighted by molar-refractivity contribution is -0.140. The van der Waals surface area contributed by atoms with Crippen LogP contribution in [-0.4, -0.2) is 41.2 Å². The minimum absolute atomic E-state index is 0.117. The Hall–Kier alpha value is -1.20. The molecule has 2 N–H and O–H groups in total. The summed E-state index contributed by atoms with van der Waals surface area (Å²) >= 11 is 0. The molecular weight excluding hydrogens is 258 g/mol. The van der Waals surface area contributed by atoms with Gasteiger partial charge in [-0.3, -0.25) is 4.79 Å². The van der Waals surface area contributed by atoms with Crippen LogP contribution in [0.3, 0.4) is 0 Å². The van der Waals surface area contributed by atoms with Gasteiger partial charge in [-0.1, -0.05) is 12.2 Å². The first-order chi connectivity index (χ1) is 9.55. The fraction of sp³-hybridized carbons (Fsp3) is 0.733. The number of carbonyl (C=O) groups is 2. The molecule has 0 aromatic carbocycles. The summed E-state index contributed by atoms with van der Waals surface area (Å²) < 4.78 is 5.75. The Morgan fingerprint density at radius 2 is 2.35 bits per heavy atom. The molecule has 110 valence electrons. The van der Waals surface area contributed by atoms with Crippen molar-refractivity contribution in [3.63, 3.8) is 0 Å². The van der Waals surface area contributed by atoms with Crippen LogP contribution < -0.4 is 5.32 Å². The summed E-state index contributed by atoms with van der Waals surface area (Å²) in [4.78, 5) is 24.0. The van der Waals surface area contributed by atoms with Crippen LogP contribution in [0, 0.1) is 11.8 Å². The Morgan fingerprint density at radius 3 is 3.00 bits per heavy atom. The second-order valence-corrected chi connectivity index (χ2v) is 6.24. The molecule has 0 saturated carbocycles. The third-order valence-electron chi connectivity index (χ3n) is 5.29. The van der Waals surface area contributed by atoms with Gasteiger partial charge in [0.25, 0.3) is 0 Å². The van der Waals surface area contributed by atoms with Gasteiger partial charge < -0.3 is 20.0 Å². The predicted molar refractivity (Wildman–Crippen MR) is 71.9 cm³/mol. The highest BCUT2D eigenvalue weighted by Crippen LogP contribution is 2.48. The van der Waals surface area contributed by atoms with Gasteiger partial charge >= 0.3 is 0 Å². The van der Waals surface area contributed by atoms with Crippen LogP contribution in [0.2, 0.25) is 0 Å². The van der Waals surface area contributed by atoms with Crippen molar-refractivity contribution in [3.05, 3.63) is 12.2 Å². The van der Waals surface area contributed by atoms with E-state index in [1.807, 2.05) is 12.2 Å². The van der Waals surface area contributed by atoms with Gasteiger partial charge in [0.05, 0.1) is 12.0 Å². The summed E-state index contributed by atoms with van der Waals surface area (Å²) in [7, 11) is 0. The molecule has 2 aliphatic heterocycles. The van der Waals surface area contributed by atoms with Gasteiger partial charge in [0.15, 0.2) is 11.8 Å². The summed E-state index contributed by atoms with van der Waals surface area (Å²) in [6.07, 6.45) is 7.13. The Labute approximate surface area is 118 Å². The first-order valence-corrected chi connectivity index (χ1v) is 7.32. The van der Waals surface area contributed by atoms with Crippen LogP contribution >= 0.6 is 0 Å². The number of aliphatic hydroxyl groups is 1. The third kappa shape index (κ3) is 1.63. The highest BCUT2D eigenvalue weighted by molar-refractivity contribution is 5.92. The zero-order valence-corrected chi connectivity index (χ0v) is 11.7. The third-order valence-corrected chi connectivity index (χ3v) is 5.29. The minimum Gasteiger partial charge on any atom is -0.389 e. The van der Waals surface area contributed by atoms with Crippen LogP contribution in [-0.2, 0) is 14.3 Å². The number of nitrogens with one attached hydrogen (secondary N) is 1. The number of aliphatic hydroxyl groups excluding tert-OH is 1.